The van der Waals surface area contributed by atoms with E-state index >= 15 is 0 Å². The summed E-state index contributed by atoms with van der Waals surface area (Å²) in [6.07, 6.45) is 5.38. The number of aryl methyl sites for hydroxylation is 1. The van der Waals surface area contributed by atoms with E-state index in [2.05, 4.69) is 12.6 Å². The third kappa shape index (κ3) is 2.45. The lowest BCUT2D eigenvalue weighted by molar-refractivity contribution is 0.156. The van der Waals surface area contributed by atoms with Gasteiger partial charge in [0.25, 0.3) is 0 Å². The maximum absolute atomic E-state index is 9.89. The Morgan fingerprint density at radius 3 is 3.19 bits per heavy atom. The molecule has 0 radical (unpaired) electrons. The molecule has 1 N–H and O–H groups in total. The van der Waals surface area contributed by atoms with Crippen molar-refractivity contribution in [1.29, 1.82) is 0 Å². The van der Waals surface area contributed by atoms with Crippen molar-refractivity contribution in [2.45, 2.75) is 31.8 Å². The van der Waals surface area contributed by atoms with Gasteiger partial charge < -0.3 is 9.84 Å². The number of aliphatic hydroxyl groups excluding tert-OH is 1. The molecule has 0 heterocycles. The van der Waals surface area contributed by atoms with Crippen molar-refractivity contribution >= 4 is 0 Å². The van der Waals surface area contributed by atoms with Gasteiger partial charge in [0.05, 0.1) is 12.7 Å². The van der Waals surface area contributed by atoms with Crippen LogP contribution in [0.1, 0.15) is 36.5 Å². The molecule has 2 rings (SSSR count). The molecule has 2 nitrogen and oxygen atoms in total. The normalized spacial score (nSPS) is 18.9. The number of fused-ring (bicyclic) bond motifs is 1. The molecule has 0 saturated carbocycles. The van der Waals surface area contributed by atoms with E-state index in [0.29, 0.717) is 6.61 Å². The van der Waals surface area contributed by atoms with E-state index < -0.39 is 0 Å². The highest BCUT2D eigenvalue weighted by molar-refractivity contribution is 5.38. The highest BCUT2D eigenvalue weighted by Crippen LogP contribution is 2.32. The summed E-state index contributed by atoms with van der Waals surface area (Å²) in [7, 11) is 0. The van der Waals surface area contributed by atoms with Gasteiger partial charge in [0.2, 0.25) is 0 Å². The second kappa shape index (κ2) is 5.17. The van der Waals surface area contributed by atoms with Crippen molar-refractivity contribution in [3.63, 3.8) is 0 Å². The largest absolute Gasteiger partial charge is 0.493 e. The van der Waals surface area contributed by atoms with Crippen LogP contribution in [0.25, 0.3) is 0 Å². The van der Waals surface area contributed by atoms with E-state index in [0.717, 1.165) is 37.0 Å². The van der Waals surface area contributed by atoms with Gasteiger partial charge in [-0.15, -0.1) is 6.58 Å². The van der Waals surface area contributed by atoms with Crippen LogP contribution in [-0.2, 0) is 6.42 Å². The molecule has 1 aromatic carbocycles. The standard InChI is InChI=1S/C14H18O2/c1-2-3-9-16-12-8-7-11-5-4-6-14(15)13(11)10-12/h2,7-8,10,14-15H,1,3-6,9H2. The van der Waals surface area contributed by atoms with Crippen LogP contribution in [0, 0.1) is 0 Å². The van der Waals surface area contributed by atoms with Crippen LogP contribution in [0.5, 0.6) is 5.75 Å². The molecule has 16 heavy (non-hydrogen) atoms. The van der Waals surface area contributed by atoms with Crippen LogP contribution in [0.3, 0.4) is 0 Å². The molecule has 1 aromatic rings. The minimum atomic E-state index is -0.313. The first-order chi connectivity index (χ1) is 7.81. The molecular formula is C14H18O2. The Balaban J connectivity index is 2.11. The van der Waals surface area contributed by atoms with Gasteiger partial charge in [-0.1, -0.05) is 12.1 Å². The van der Waals surface area contributed by atoms with Crippen LogP contribution in [0.15, 0.2) is 30.9 Å². The predicted molar refractivity (Wildman–Crippen MR) is 64.6 cm³/mol. The number of ether oxygens (including phenoxy) is 1. The highest BCUT2D eigenvalue weighted by Gasteiger charge is 2.18. The van der Waals surface area contributed by atoms with E-state index in [4.69, 9.17) is 4.74 Å². The summed E-state index contributed by atoms with van der Waals surface area (Å²) >= 11 is 0. The zero-order chi connectivity index (χ0) is 11.4. The number of hydrogen-bond acceptors (Lipinski definition) is 2. The van der Waals surface area contributed by atoms with Crippen LogP contribution in [-0.4, -0.2) is 11.7 Å². The van der Waals surface area contributed by atoms with Crippen LogP contribution in [0.2, 0.25) is 0 Å². The Morgan fingerprint density at radius 1 is 1.50 bits per heavy atom. The van der Waals surface area contributed by atoms with Crippen LogP contribution < -0.4 is 4.74 Å². The fraction of sp³-hybridized carbons (Fsp3) is 0.429. The van der Waals surface area contributed by atoms with Gasteiger partial charge in [0, 0.05) is 0 Å². The lowest BCUT2D eigenvalue weighted by Crippen LogP contribution is -2.09. The van der Waals surface area contributed by atoms with Crippen molar-refractivity contribution < 1.29 is 9.84 Å². The predicted octanol–water partition coefficient (Wildman–Crippen LogP) is 3.01. The fourth-order valence-corrected chi connectivity index (χ4v) is 2.10. The lowest BCUT2D eigenvalue weighted by atomic mass is 9.89. The SMILES string of the molecule is C=CCCOc1ccc2c(c1)C(O)CCC2. The smallest absolute Gasteiger partial charge is 0.119 e. The van der Waals surface area contributed by atoms with Crippen molar-refractivity contribution in [2.75, 3.05) is 6.61 Å². The fourth-order valence-electron chi connectivity index (χ4n) is 2.10. The first kappa shape index (κ1) is 11.2. The minimum absolute atomic E-state index is 0.313. The highest BCUT2D eigenvalue weighted by atomic mass is 16.5. The molecule has 0 spiro atoms. The summed E-state index contributed by atoms with van der Waals surface area (Å²) in [5, 5.41) is 9.89. The zero-order valence-corrected chi connectivity index (χ0v) is 9.48. The van der Waals surface area contributed by atoms with Crippen molar-refractivity contribution in [2.24, 2.45) is 0 Å². The molecule has 1 aliphatic rings. The quantitative estimate of drug-likeness (QED) is 0.622. The van der Waals surface area contributed by atoms with Gasteiger partial charge in [0.1, 0.15) is 5.75 Å². The average Bonchev–Trinajstić information content (AvgIpc) is 2.30. The average molecular weight is 218 g/mol. The summed E-state index contributed by atoms with van der Waals surface area (Å²) in [5.74, 6) is 0.849. The Kier molecular flexibility index (Phi) is 3.62. The van der Waals surface area contributed by atoms with Gasteiger partial charge >= 0.3 is 0 Å². The number of rotatable bonds is 4. The van der Waals surface area contributed by atoms with Gasteiger partial charge in [-0.3, -0.25) is 0 Å². The van der Waals surface area contributed by atoms with Gasteiger partial charge in [0.15, 0.2) is 0 Å². The second-order valence-corrected chi connectivity index (χ2v) is 4.19. The molecule has 1 unspecified atom stereocenters. The maximum atomic E-state index is 9.89. The Bertz CT molecular complexity index is 371. The van der Waals surface area contributed by atoms with Gasteiger partial charge in [-0.05, 0) is 48.9 Å². The summed E-state index contributed by atoms with van der Waals surface area (Å²) in [6.45, 7) is 4.31. The van der Waals surface area contributed by atoms with E-state index in [9.17, 15) is 5.11 Å². The molecule has 0 aromatic heterocycles. The van der Waals surface area contributed by atoms with Crippen molar-refractivity contribution in [3.8, 4) is 5.75 Å². The number of benzene rings is 1. The summed E-state index contributed by atoms with van der Waals surface area (Å²) in [5.41, 5.74) is 2.30. The second-order valence-electron chi connectivity index (χ2n) is 4.19. The zero-order valence-electron chi connectivity index (χ0n) is 9.48. The van der Waals surface area contributed by atoms with E-state index in [-0.39, 0.29) is 6.10 Å². The molecule has 86 valence electrons. The molecule has 0 bridgehead atoms. The molecule has 1 atom stereocenters. The summed E-state index contributed by atoms with van der Waals surface area (Å²) in [4.78, 5) is 0. The van der Waals surface area contributed by atoms with E-state index in [1.807, 2.05) is 18.2 Å². The molecule has 0 saturated heterocycles. The van der Waals surface area contributed by atoms with Crippen molar-refractivity contribution in [3.05, 3.63) is 42.0 Å². The summed E-state index contributed by atoms with van der Waals surface area (Å²) < 4.78 is 5.58. The topological polar surface area (TPSA) is 29.5 Å². The molecule has 0 aliphatic heterocycles. The minimum Gasteiger partial charge on any atom is -0.493 e. The third-order valence-corrected chi connectivity index (χ3v) is 2.99. The monoisotopic (exact) mass is 218 g/mol. The van der Waals surface area contributed by atoms with Crippen LogP contribution in [0.4, 0.5) is 0 Å². The molecule has 0 amide bonds. The molecule has 1 aliphatic carbocycles. The van der Waals surface area contributed by atoms with Crippen molar-refractivity contribution in [1.82, 2.24) is 0 Å². The maximum Gasteiger partial charge on any atom is 0.119 e. The van der Waals surface area contributed by atoms with Gasteiger partial charge in [-0.25, -0.2) is 0 Å². The van der Waals surface area contributed by atoms with Crippen LogP contribution >= 0.6 is 0 Å². The van der Waals surface area contributed by atoms with E-state index in [1.165, 1.54) is 5.56 Å². The van der Waals surface area contributed by atoms with E-state index in [1.54, 1.807) is 0 Å². The Labute approximate surface area is 96.6 Å². The lowest BCUT2D eigenvalue weighted by Gasteiger charge is -2.21. The number of hydrogen-bond donors (Lipinski definition) is 1. The Hall–Kier alpha value is -1.28. The Morgan fingerprint density at radius 2 is 2.38 bits per heavy atom. The number of aliphatic hydroxyl groups is 1. The summed E-state index contributed by atoms with van der Waals surface area (Å²) in [6, 6.07) is 6.03. The first-order valence-electron chi connectivity index (χ1n) is 5.86. The first-order valence-corrected chi connectivity index (χ1v) is 5.86. The van der Waals surface area contributed by atoms with Gasteiger partial charge in [-0.2, -0.15) is 0 Å². The molecular weight excluding hydrogens is 200 g/mol. The molecule has 0 fully saturated rings. The third-order valence-electron chi connectivity index (χ3n) is 2.99. The molecule has 2 heteroatoms.